The zero-order chi connectivity index (χ0) is 17.7. The smallest absolute Gasteiger partial charge is 0.241 e. The van der Waals surface area contributed by atoms with Crippen LogP contribution in [-0.2, 0) is 10.0 Å². The summed E-state index contributed by atoms with van der Waals surface area (Å²) in [6.45, 7) is 0.228. The molecule has 0 amide bonds. The van der Waals surface area contributed by atoms with Gasteiger partial charge in [-0.15, -0.1) is 4.91 Å². The van der Waals surface area contributed by atoms with Crippen LogP contribution >= 0.6 is 35.0 Å². The average molecular weight is 406 g/mol. The van der Waals surface area contributed by atoms with Gasteiger partial charge in [-0.3, -0.25) is 0 Å². The molecule has 0 aliphatic heterocycles. The van der Waals surface area contributed by atoms with Crippen molar-refractivity contribution in [1.29, 1.82) is 0 Å². The molecule has 10 heteroatoms. The Labute approximate surface area is 153 Å². The summed E-state index contributed by atoms with van der Waals surface area (Å²) < 4.78 is 27.2. The van der Waals surface area contributed by atoms with Crippen LogP contribution < -0.4 is 10.5 Å². The van der Waals surface area contributed by atoms with Crippen LogP contribution in [0.5, 0.6) is 0 Å². The second kappa shape index (κ2) is 8.28. The summed E-state index contributed by atoms with van der Waals surface area (Å²) in [5.74, 6) is 0. The molecule has 0 heterocycles. The van der Waals surface area contributed by atoms with E-state index in [0.29, 0.717) is 19.8 Å². The van der Waals surface area contributed by atoms with Gasteiger partial charge >= 0.3 is 0 Å². The van der Waals surface area contributed by atoms with Crippen LogP contribution in [0.25, 0.3) is 0 Å². The number of nitrogens with two attached hydrogens (primary N) is 1. The van der Waals surface area contributed by atoms with E-state index < -0.39 is 10.0 Å². The normalized spacial score (nSPS) is 11.5. The van der Waals surface area contributed by atoms with Crippen molar-refractivity contribution in [2.45, 2.75) is 14.7 Å². The van der Waals surface area contributed by atoms with Crippen molar-refractivity contribution < 1.29 is 8.42 Å². The molecule has 24 heavy (non-hydrogen) atoms. The van der Waals surface area contributed by atoms with Crippen LogP contribution in [0.3, 0.4) is 0 Å². The highest BCUT2D eigenvalue weighted by Crippen LogP contribution is 2.37. The number of hydrogen-bond donors (Lipinski definition) is 2. The molecule has 2 aromatic carbocycles. The third-order valence-electron chi connectivity index (χ3n) is 2.82. The molecule has 2 rings (SSSR count). The Kier molecular flexibility index (Phi) is 6.62. The van der Waals surface area contributed by atoms with E-state index in [2.05, 4.69) is 9.90 Å². The Morgan fingerprint density at radius 2 is 1.79 bits per heavy atom. The van der Waals surface area contributed by atoms with Crippen LogP contribution in [0.1, 0.15) is 0 Å². The molecule has 0 bridgehead atoms. The minimum Gasteiger partial charge on any atom is -0.329 e. The van der Waals surface area contributed by atoms with Gasteiger partial charge in [-0.25, -0.2) is 13.1 Å². The molecule has 0 aliphatic rings. The molecule has 0 spiro atoms. The molecule has 0 saturated heterocycles. The van der Waals surface area contributed by atoms with Gasteiger partial charge in [0.05, 0.1) is 4.90 Å². The minimum absolute atomic E-state index is 0.0107. The number of benzene rings is 2. The molecule has 0 aliphatic carbocycles. The van der Waals surface area contributed by atoms with E-state index in [4.69, 9.17) is 28.9 Å². The van der Waals surface area contributed by atoms with E-state index in [1.54, 1.807) is 18.2 Å². The summed E-state index contributed by atoms with van der Waals surface area (Å²) in [5, 5.41) is 3.65. The number of nitrogens with one attached hydrogen (secondary N) is 1. The first-order valence-corrected chi connectivity index (χ1v) is 9.72. The van der Waals surface area contributed by atoms with Gasteiger partial charge in [-0.1, -0.05) is 35.0 Å². The van der Waals surface area contributed by atoms with Gasteiger partial charge in [0.15, 0.2) is 0 Å². The molecule has 6 nitrogen and oxygen atoms in total. The molecule has 2 aromatic rings. The Morgan fingerprint density at radius 1 is 1.12 bits per heavy atom. The van der Waals surface area contributed by atoms with Crippen molar-refractivity contribution in [3.8, 4) is 0 Å². The number of nitrogens with zero attached hydrogens (tertiary/aromatic N) is 1. The molecule has 0 aromatic heterocycles. The number of sulfonamides is 1. The Bertz CT molecular complexity index is 840. The highest BCUT2D eigenvalue weighted by atomic mass is 35.5. The second-order valence-electron chi connectivity index (χ2n) is 4.62. The Morgan fingerprint density at radius 3 is 2.38 bits per heavy atom. The lowest BCUT2D eigenvalue weighted by atomic mass is 10.3. The van der Waals surface area contributed by atoms with Crippen molar-refractivity contribution in [3.63, 3.8) is 0 Å². The van der Waals surface area contributed by atoms with Crippen LogP contribution in [0.4, 0.5) is 5.69 Å². The molecule has 3 N–H and O–H groups in total. The fraction of sp³-hybridized carbons (Fsp3) is 0.143. The van der Waals surface area contributed by atoms with Crippen LogP contribution in [0, 0.1) is 4.91 Å². The first-order valence-electron chi connectivity index (χ1n) is 6.67. The van der Waals surface area contributed by atoms with E-state index in [9.17, 15) is 13.3 Å². The highest BCUT2D eigenvalue weighted by Gasteiger charge is 2.20. The average Bonchev–Trinajstić information content (AvgIpc) is 2.52. The van der Waals surface area contributed by atoms with E-state index in [-0.39, 0.29) is 23.7 Å². The van der Waals surface area contributed by atoms with E-state index in [1.807, 2.05) is 0 Å². The molecular weight excluding hydrogens is 393 g/mol. The van der Waals surface area contributed by atoms with Gasteiger partial charge in [-0.2, -0.15) is 0 Å². The summed E-state index contributed by atoms with van der Waals surface area (Å²) in [6, 6.07) is 9.05. The largest absolute Gasteiger partial charge is 0.329 e. The fourth-order valence-electron chi connectivity index (χ4n) is 1.83. The van der Waals surface area contributed by atoms with E-state index in [1.165, 1.54) is 18.2 Å². The van der Waals surface area contributed by atoms with Gasteiger partial charge < -0.3 is 5.73 Å². The molecule has 128 valence electrons. The lowest BCUT2D eigenvalue weighted by Crippen LogP contribution is -2.29. The van der Waals surface area contributed by atoms with E-state index >= 15 is 0 Å². The molecule has 0 radical (unpaired) electrons. The lowest BCUT2D eigenvalue weighted by molar-refractivity contribution is 0.580. The van der Waals surface area contributed by atoms with Crippen LogP contribution in [-0.4, -0.2) is 21.5 Å². The predicted molar refractivity (Wildman–Crippen MR) is 96.7 cm³/mol. The zero-order valence-electron chi connectivity index (χ0n) is 12.2. The van der Waals surface area contributed by atoms with Crippen molar-refractivity contribution in [2.24, 2.45) is 10.9 Å². The van der Waals surface area contributed by atoms with E-state index in [0.717, 1.165) is 11.8 Å². The number of nitroso groups, excluding NO2 is 1. The number of hydrogen-bond acceptors (Lipinski definition) is 6. The van der Waals surface area contributed by atoms with Gasteiger partial charge in [0.2, 0.25) is 10.0 Å². The molecule has 0 fully saturated rings. The molecule has 0 atom stereocenters. The first kappa shape index (κ1) is 19.2. The predicted octanol–water partition coefficient (Wildman–Crippen LogP) is 3.78. The molecule has 0 unspecified atom stereocenters. The van der Waals surface area contributed by atoms with Gasteiger partial charge in [0, 0.05) is 32.9 Å². The maximum atomic E-state index is 12.4. The fourth-order valence-corrected chi connectivity index (χ4v) is 5.02. The third-order valence-corrected chi connectivity index (χ3v) is 5.94. The summed E-state index contributed by atoms with van der Waals surface area (Å²) in [5.41, 5.74) is 5.35. The second-order valence-corrected chi connectivity index (χ2v) is 8.34. The Hall–Kier alpha value is -1.16. The molecular formula is C14H13Cl2N3O3S2. The first-order chi connectivity index (χ1) is 11.4. The topological polar surface area (TPSA) is 102 Å². The lowest BCUT2D eigenvalue weighted by Gasteiger charge is -2.11. The number of rotatable bonds is 7. The summed E-state index contributed by atoms with van der Waals surface area (Å²) in [7, 11) is -3.84. The van der Waals surface area contributed by atoms with Crippen molar-refractivity contribution in [1.82, 2.24) is 4.72 Å². The number of halogens is 2. The van der Waals surface area contributed by atoms with Crippen molar-refractivity contribution in [3.05, 3.63) is 51.4 Å². The van der Waals surface area contributed by atoms with Gasteiger partial charge in [0.1, 0.15) is 5.69 Å². The van der Waals surface area contributed by atoms with Crippen LogP contribution in [0.2, 0.25) is 10.0 Å². The maximum absolute atomic E-state index is 12.4. The quantitative estimate of drug-likeness (QED) is 0.682. The minimum atomic E-state index is -3.84. The highest BCUT2D eigenvalue weighted by molar-refractivity contribution is 8.00. The van der Waals surface area contributed by atoms with Gasteiger partial charge in [0.25, 0.3) is 0 Å². The summed E-state index contributed by atoms with van der Waals surface area (Å²) in [6.07, 6.45) is 0. The van der Waals surface area contributed by atoms with Crippen molar-refractivity contribution in [2.75, 3.05) is 13.1 Å². The standard InChI is InChI=1S/C14H13Cl2N3O3S2/c15-9-5-10(16)7-12(6-9)23-13-2-1-11(19-20)8-14(13)24(21,22)18-4-3-17/h1-2,5-8,18H,3-4,17H2. The monoisotopic (exact) mass is 405 g/mol. The zero-order valence-corrected chi connectivity index (χ0v) is 15.3. The maximum Gasteiger partial charge on any atom is 0.241 e. The SMILES string of the molecule is NCCNS(=O)(=O)c1cc(N=O)ccc1Sc1cc(Cl)cc(Cl)c1. The summed E-state index contributed by atoms with van der Waals surface area (Å²) in [4.78, 5) is 11.7. The summed E-state index contributed by atoms with van der Waals surface area (Å²) >= 11 is 13.1. The Balaban J connectivity index is 2.47. The van der Waals surface area contributed by atoms with Crippen LogP contribution in [0.15, 0.2) is 56.3 Å². The third kappa shape index (κ3) is 4.92. The molecule has 0 saturated carbocycles. The van der Waals surface area contributed by atoms with Gasteiger partial charge in [-0.05, 0) is 41.6 Å². The van der Waals surface area contributed by atoms with Crippen molar-refractivity contribution >= 4 is 50.7 Å².